The average Bonchev–Trinajstić information content (AvgIpc) is 2.94. The van der Waals surface area contributed by atoms with Crippen molar-refractivity contribution in [2.75, 3.05) is 5.75 Å². The Labute approximate surface area is 160 Å². The van der Waals surface area contributed by atoms with Gasteiger partial charge in [0.25, 0.3) is 0 Å². The van der Waals surface area contributed by atoms with Crippen molar-refractivity contribution in [1.82, 2.24) is 4.98 Å². The summed E-state index contributed by atoms with van der Waals surface area (Å²) in [6, 6.07) is 6.49. The van der Waals surface area contributed by atoms with Crippen LogP contribution in [0.1, 0.15) is 63.2 Å². The van der Waals surface area contributed by atoms with Crippen molar-refractivity contribution in [2.24, 2.45) is 0 Å². The van der Waals surface area contributed by atoms with Crippen LogP contribution in [0, 0.1) is 13.8 Å². The van der Waals surface area contributed by atoms with Gasteiger partial charge in [0.2, 0.25) is 5.78 Å². The van der Waals surface area contributed by atoms with Crippen LogP contribution in [0.3, 0.4) is 0 Å². The lowest BCUT2D eigenvalue weighted by molar-refractivity contribution is 0.0313. The van der Waals surface area contributed by atoms with E-state index in [9.17, 15) is 18.6 Å². The maximum absolute atomic E-state index is 12.7. The predicted octanol–water partition coefficient (Wildman–Crippen LogP) is 3.39. The number of hydrogen-bond donors (Lipinski definition) is 1. The molecule has 27 heavy (non-hydrogen) atoms. The molecule has 2 rings (SSSR count). The van der Waals surface area contributed by atoms with Gasteiger partial charge in [-0.1, -0.05) is 19.1 Å². The molecule has 2 atom stereocenters. The predicted molar refractivity (Wildman–Crippen MR) is 103 cm³/mol. The summed E-state index contributed by atoms with van der Waals surface area (Å²) >= 11 is 0. The van der Waals surface area contributed by atoms with Gasteiger partial charge in [-0.3, -0.25) is 13.8 Å². The van der Waals surface area contributed by atoms with Gasteiger partial charge in [0.05, 0.1) is 27.0 Å². The number of nitrogens with one attached hydrogen (secondary N) is 1. The van der Waals surface area contributed by atoms with E-state index in [0.29, 0.717) is 27.5 Å². The molecule has 7 heteroatoms. The van der Waals surface area contributed by atoms with E-state index in [2.05, 4.69) is 4.98 Å². The topological polar surface area (TPSA) is 93.3 Å². The fourth-order valence-electron chi connectivity index (χ4n) is 2.99. The zero-order valence-electron chi connectivity index (χ0n) is 16.0. The van der Waals surface area contributed by atoms with Crippen LogP contribution in [0.25, 0.3) is 0 Å². The number of ketones is 2. The maximum atomic E-state index is 12.7. The minimum absolute atomic E-state index is 0.138. The van der Waals surface area contributed by atoms with E-state index in [4.69, 9.17) is 4.74 Å². The quantitative estimate of drug-likeness (QED) is 0.579. The molecular formula is C20H23NO5S. The highest BCUT2D eigenvalue weighted by Gasteiger charge is 2.27. The Morgan fingerprint density at radius 1 is 1.19 bits per heavy atom. The third kappa shape index (κ3) is 4.24. The van der Waals surface area contributed by atoms with E-state index < -0.39 is 28.7 Å². The van der Waals surface area contributed by atoms with Crippen molar-refractivity contribution in [3.63, 3.8) is 0 Å². The largest absolute Gasteiger partial charge is 0.451 e. The number of aromatic nitrogens is 1. The van der Waals surface area contributed by atoms with E-state index in [-0.39, 0.29) is 17.0 Å². The summed E-state index contributed by atoms with van der Waals surface area (Å²) in [5.74, 6) is -0.902. The molecule has 1 aromatic heterocycles. The van der Waals surface area contributed by atoms with Crippen LogP contribution in [0.4, 0.5) is 0 Å². The first-order valence-electron chi connectivity index (χ1n) is 8.61. The van der Waals surface area contributed by atoms with E-state index >= 15 is 0 Å². The van der Waals surface area contributed by atoms with Crippen LogP contribution in [-0.2, 0) is 15.5 Å². The minimum atomic E-state index is -1.32. The van der Waals surface area contributed by atoms with Gasteiger partial charge in [0, 0.05) is 17.0 Å². The molecule has 6 nitrogen and oxygen atoms in total. The second-order valence-electron chi connectivity index (χ2n) is 6.22. The summed E-state index contributed by atoms with van der Waals surface area (Å²) in [5, 5.41) is 0. The van der Waals surface area contributed by atoms with Crippen molar-refractivity contribution in [3.8, 4) is 0 Å². The first-order valence-corrected chi connectivity index (χ1v) is 9.93. The Morgan fingerprint density at radius 2 is 1.81 bits per heavy atom. The molecular weight excluding hydrogens is 366 g/mol. The van der Waals surface area contributed by atoms with Crippen molar-refractivity contribution in [2.45, 2.75) is 45.6 Å². The van der Waals surface area contributed by atoms with Crippen molar-refractivity contribution < 1.29 is 23.3 Å². The van der Waals surface area contributed by atoms with E-state index in [1.807, 2.05) is 0 Å². The summed E-state index contributed by atoms with van der Waals surface area (Å²) in [4.78, 5) is 40.3. The molecule has 0 aliphatic heterocycles. The van der Waals surface area contributed by atoms with Crippen LogP contribution in [0.2, 0.25) is 0 Å². The number of Topliss-reactive ketones (excluding diaryl/α,β-unsaturated/α-hetero) is 2. The number of carbonyl (C=O) groups excluding carboxylic acids is 3. The number of benzene rings is 1. The van der Waals surface area contributed by atoms with Gasteiger partial charge < -0.3 is 9.72 Å². The SMILES string of the molecule is CC[S@](=O)c1ccccc1C(=O)O[C@H](C)C(=O)c1[nH]c(C)c(C(C)=O)c1C. The second kappa shape index (κ2) is 8.43. The average molecular weight is 389 g/mol. The van der Waals surface area contributed by atoms with Gasteiger partial charge in [-0.25, -0.2) is 4.79 Å². The standard InChI is InChI=1S/C20H23NO5S/c1-6-27(25)16-10-8-7-9-15(16)20(24)26-14(5)19(23)18-11(2)17(13(4)22)12(3)21-18/h7-10,14,21H,6H2,1-5H3/t14-,27+/m1/s1. The second-order valence-corrected chi connectivity index (χ2v) is 7.93. The van der Waals surface area contributed by atoms with Crippen molar-refractivity contribution in [1.29, 1.82) is 0 Å². The van der Waals surface area contributed by atoms with Crippen molar-refractivity contribution >= 4 is 28.3 Å². The monoisotopic (exact) mass is 389 g/mol. The molecule has 0 fully saturated rings. The summed E-state index contributed by atoms with van der Waals surface area (Å²) in [6.45, 7) is 8.07. The van der Waals surface area contributed by atoms with E-state index in [1.54, 1.807) is 39.0 Å². The molecule has 0 radical (unpaired) electrons. The summed E-state index contributed by atoms with van der Waals surface area (Å²) in [5.41, 5.74) is 2.05. The number of carbonyl (C=O) groups is 3. The first kappa shape index (κ1) is 20.8. The Morgan fingerprint density at radius 3 is 2.37 bits per heavy atom. The number of hydrogen-bond acceptors (Lipinski definition) is 5. The number of aromatic amines is 1. The Kier molecular flexibility index (Phi) is 6.49. The molecule has 0 bridgehead atoms. The Balaban J connectivity index is 2.26. The first-order chi connectivity index (χ1) is 12.7. The molecule has 1 aromatic carbocycles. The van der Waals surface area contributed by atoms with Gasteiger partial charge in [-0.05, 0) is 45.4 Å². The number of aryl methyl sites for hydroxylation is 1. The fourth-order valence-corrected chi connectivity index (χ4v) is 3.93. The van der Waals surface area contributed by atoms with E-state index in [0.717, 1.165) is 0 Å². The number of H-pyrrole nitrogens is 1. The molecule has 144 valence electrons. The molecule has 2 aromatic rings. The lowest BCUT2D eigenvalue weighted by Gasteiger charge is -2.14. The maximum Gasteiger partial charge on any atom is 0.340 e. The lowest BCUT2D eigenvalue weighted by atomic mass is 10.0. The third-order valence-electron chi connectivity index (χ3n) is 4.30. The zero-order chi connectivity index (χ0) is 20.3. The highest BCUT2D eigenvalue weighted by molar-refractivity contribution is 7.85. The number of ether oxygens (including phenoxy) is 1. The highest BCUT2D eigenvalue weighted by Crippen LogP contribution is 2.21. The van der Waals surface area contributed by atoms with Crippen LogP contribution in [0.5, 0.6) is 0 Å². The fraction of sp³-hybridized carbons (Fsp3) is 0.350. The number of esters is 1. The van der Waals surface area contributed by atoms with Gasteiger partial charge in [-0.15, -0.1) is 0 Å². The molecule has 1 heterocycles. The molecule has 0 spiro atoms. The van der Waals surface area contributed by atoms with Gasteiger partial charge >= 0.3 is 5.97 Å². The summed E-state index contributed by atoms with van der Waals surface area (Å²) in [6.07, 6.45) is -1.06. The zero-order valence-corrected chi connectivity index (χ0v) is 16.9. The highest BCUT2D eigenvalue weighted by atomic mass is 32.2. The van der Waals surface area contributed by atoms with Gasteiger partial charge in [-0.2, -0.15) is 0 Å². The molecule has 0 saturated carbocycles. The third-order valence-corrected chi connectivity index (χ3v) is 5.67. The minimum Gasteiger partial charge on any atom is -0.451 e. The molecule has 0 aliphatic rings. The van der Waals surface area contributed by atoms with Crippen molar-refractivity contribution in [3.05, 3.63) is 52.3 Å². The van der Waals surface area contributed by atoms with E-state index in [1.165, 1.54) is 19.9 Å². The Hall–Kier alpha value is -2.54. The van der Waals surface area contributed by atoms with Gasteiger partial charge in [0.1, 0.15) is 0 Å². The van der Waals surface area contributed by atoms with Crippen LogP contribution in [-0.4, -0.2) is 38.6 Å². The molecule has 0 unspecified atom stereocenters. The molecule has 1 N–H and O–H groups in total. The van der Waals surface area contributed by atoms with Crippen LogP contribution < -0.4 is 0 Å². The van der Waals surface area contributed by atoms with Crippen LogP contribution in [0.15, 0.2) is 29.2 Å². The summed E-state index contributed by atoms with van der Waals surface area (Å²) in [7, 11) is -1.32. The summed E-state index contributed by atoms with van der Waals surface area (Å²) < 4.78 is 17.5. The Bertz CT molecular complexity index is 928. The molecule has 0 saturated heterocycles. The normalized spacial score (nSPS) is 13.1. The smallest absolute Gasteiger partial charge is 0.340 e. The molecule has 0 aliphatic carbocycles. The molecule has 0 amide bonds. The lowest BCUT2D eigenvalue weighted by Crippen LogP contribution is -2.26. The van der Waals surface area contributed by atoms with Gasteiger partial charge in [0.15, 0.2) is 11.9 Å². The number of rotatable bonds is 7. The van der Waals surface area contributed by atoms with Crippen LogP contribution >= 0.6 is 0 Å².